The highest BCUT2D eigenvalue weighted by Crippen LogP contribution is 2.41. The molecule has 4 N–H and O–H groups in total. The predicted molar refractivity (Wildman–Crippen MR) is 60.6 cm³/mol. The van der Waals surface area contributed by atoms with Crippen molar-refractivity contribution in [2.45, 2.75) is 6.92 Å². The number of carbonyl (C=O) groups excluding carboxylic acids is 1. The summed E-state index contributed by atoms with van der Waals surface area (Å²) in [6, 6.07) is 3.51. The molecular formula is C12H10O5. The molecule has 0 aliphatic carbocycles. The molecule has 0 aromatic heterocycles. The molecule has 2 aromatic carbocycles. The number of phenolic OH excluding ortho intramolecular Hbond substituents is 4. The van der Waals surface area contributed by atoms with E-state index >= 15 is 0 Å². The van der Waals surface area contributed by atoms with Gasteiger partial charge in [-0.2, -0.15) is 0 Å². The summed E-state index contributed by atoms with van der Waals surface area (Å²) in [6.07, 6.45) is 0. The molecule has 0 unspecified atom stereocenters. The molecule has 0 fully saturated rings. The van der Waals surface area contributed by atoms with Crippen LogP contribution in [-0.4, -0.2) is 26.2 Å². The monoisotopic (exact) mass is 234 g/mol. The highest BCUT2D eigenvalue weighted by molar-refractivity contribution is 6.08. The van der Waals surface area contributed by atoms with Gasteiger partial charge in [-0.15, -0.1) is 0 Å². The molecule has 88 valence electrons. The van der Waals surface area contributed by atoms with Gasteiger partial charge in [0.15, 0.2) is 5.78 Å². The molecule has 0 saturated carbocycles. The molecule has 0 radical (unpaired) electrons. The SMILES string of the molecule is CC(=O)c1c(O)cc2cc(O)cc(O)c2c1O. The summed E-state index contributed by atoms with van der Waals surface area (Å²) < 4.78 is 0. The summed E-state index contributed by atoms with van der Waals surface area (Å²) in [6.45, 7) is 1.19. The Balaban J connectivity index is 2.97. The van der Waals surface area contributed by atoms with Crippen molar-refractivity contribution >= 4 is 16.6 Å². The van der Waals surface area contributed by atoms with Gasteiger partial charge in [-0.1, -0.05) is 0 Å². The summed E-state index contributed by atoms with van der Waals surface area (Å²) in [5, 5.41) is 38.6. The minimum atomic E-state index is -0.519. The first kappa shape index (κ1) is 11.1. The van der Waals surface area contributed by atoms with Gasteiger partial charge in [-0.25, -0.2) is 0 Å². The molecule has 5 heteroatoms. The van der Waals surface area contributed by atoms with Crippen LogP contribution in [0, 0.1) is 0 Å². The van der Waals surface area contributed by atoms with E-state index in [1.165, 1.54) is 19.1 Å². The van der Waals surface area contributed by atoms with E-state index in [1.807, 2.05) is 0 Å². The summed E-state index contributed by atoms with van der Waals surface area (Å²) in [5.41, 5.74) is -0.251. The number of carbonyl (C=O) groups is 1. The fourth-order valence-electron chi connectivity index (χ4n) is 1.82. The van der Waals surface area contributed by atoms with E-state index in [9.17, 15) is 25.2 Å². The Labute approximate surface area is 96.2 Å². The molecule has 2 rings (SSSR count). The quantitative estimate of drug-likeness (QED) is 0.564. The van der Waals surface area contributed by atoms with E-state index in [4.69, 9.17) is 0 Å². The number of phenols is 4. The Morgan fingerprint density at radius 3 is 2.24 bits per heavy atom. The number of aromatic hydroxyl groups is 4. The Kier molecular flexibility index (Phi) is 2.31. The van der Waals surface area contributed by atoms with Crippen molar-refractivity contribution in [2.24, 2.45) is 0 Å². The van der Waals surface area contributed by atoms with Gasteiger partial charge in [0.05, 0.1) is 5.39 Å². The van der Waals surface area contributed by atoms with Crippen molar-refractivity contribution < 1.29 is 25.2 Å². The first-order valence-corrected chi connectivity index (χ1v) is 4.83. The molecule has 5 nitrogen and oxygen atoms in total. The van der Waals surface area contributed by atoms with Crippen LogP contribution in [0.3, 0.4) is 0 Å². The summed E-state index contributed by atoms with van der Waals surface area (Å²) in [5.74, 6) is -1.98. The fourth-order valence-corrected chi connectivity index (χ4v) is 1.82. The number of fused-ring (bicyclic) bond motifs is 1. The van der Waals surface area contributed by atoms with E-state index in [-0.39, 0.29) is 27.8 Å². The van der Waals surface area contributed by atoms with Gasteiger partial charge in [-0.05, 0) is 24.4 Å². The zero-order valence-corrected chi connectivity index (χ0v) is 8.93. The molecule has 0 aliphatic rings. The van der Waals surface area contributed by atoms with Gasteiger partial charge < -0.3 is 20.4 Å². The lowest BCUT2D eigenvalue weighted by molar-refractivity contribution is 0.101. The van der Waals surface area contributed by atoms with E-state index in [0.29, 0.717) is 0 Å². The van der Waals surface area contributed by atoms with E-state index in [0.717, 1.165) is 6.07 Å². The summed E-state index contributed by atoms with van der Waals surface area (Å²) in [7, 11) is 0. The fraction of sp³-hybridized carbons (Fsp3) is 0.0833. The van der Waals surface area contributed by atoms with Crippen molar-refractivity contribution in [1.82, 2.24) is 0 Å². The van der Waals surface area contributed by atoms with Crippen LogP contribution in [0.25, 0.3) is 10.8 Å². The summed E-state index contributed by atoms with van der Waals surface area (Å²) in [4.78, 5) is 11.3. The Morgan fingerprint density at radius 2 is 1.65 bits per heavy atom. The number of hydrogen-bond acceptors (Lipinski definition) is 5. The highest BCUT2D eigenvalue weighted by atomic mass is 16.3. The van der Waals surface area contributed by atoms with Gasteiger partial charge in [0.25, 0.3) is 0 Å². The average Bonchev–Trinajstić information content (AvgIpc) is 2.13. The van der Waals surface area contributed by atoms with Crippen LogP contribution in [0.4, 0.5) is 0 Å². The maximum absolute atomic E-state index is 11.3. The number of rotatable bonds is 1. The normalized spacial score (nSPS) is 10.6. The first-order valence-electron chi connectivity index (χ1n) is 4.83. The van der Waals surface area contributed by atoms with Gasteiger partial charge in [0, 0.05) is 6.07 Å². The first-order chi connectivity index (χ1) is 7.91. The minimum Gasteiger partial charge on any atom is -0.508 e. The summed E-state index contributed by atoms with van der Waals surface area (Å²) >= 11 is 0. The van der Waals surface area contributed by atoms with Crippen molar-refractivity contribution in [3.8, 4) is 23.0 Å². The molecule has 0 spiro atoms. The van der Waals surface area contributed by atoms with E-state index < -0.39 is 17.3 Å². The molecule has 0 aliphatic heterocycles. The predicted octanol–water partition coefficient (Wildman–Crippen LogP) is 1.86. The number of ketones is 1. The third kappa shape index (κ3) is 1.61. The zero-order valence-electron chi connectivity index (χ0n) is 8.93. The lowest BCUT2D eigenvalue weighted by Crippen LogP contribution is -1.94. The van der Waals surface area contributed by atoms with Crippen LogP contribution in [0.2, 0.25) is 0 Å². The third-order valence-corrected chi connectivity index (χ3v) is 2.51. The van der Waals surface area contributed by atoms with Crippen molar-refractivity contribution in [3.05, 3.63) is 23.8 Å². The Bertz CT molecular complexity index is 631. The van der Waals surface area contributed by atoms with Crippen LogP contribution in [0.1, 0.15) is 17.3 Å². The lowest BCUT2D eigenvalue weighted by Gasteiger charge is -2.09. The topological polar surface area (TPSA) is 98.0 Å². The minimum absolute atomic E-state index is 0.0193. The van der Waals surface area contributed by atoms with Gasteiger partial charge in [0.1, 0.15) is 28.6 Å². The maximum Gasteiger partial charge on any atom is 0.167 e. The van der Waals surface area contributed by atoms with Crippen LogP contribution in [-0.2, 0) is 0 Å². The highest BCUT2D eigenvalue weighted by Gasteiger charge is 2.18. The van der Waals surface area contributed by atoms with Crippen LogP contribution in [0.15, 0.2) is 18.2 Å². The van der Waals surface area contributed by atoms with Crippen LogP contribution >= 0.6 is 0 Å². The number of Topliss-reactive ketones (excluding diaryl/α,β-unsaturated/α-hetero) is 1. The van der Waals surface area contributed by atoms with Crippen LogP contribution < -0.4 is 0 Å². The molecule has 0 bridgehead atoms. The number of benzene rings is 2. The molecule has 2 aromatic rings. The zero-order chi connectivity index (χ0) is 12.7. The Hall–Kier alpha value is -2.43. The second kappa shape index (κ2) is 3.55. The number of hydrogen-bond donors (Lipinski definition) is 4. The van der Waals surface area contributed by atoms with Crippen molar-refractivity contribution in [1.29, 1.82) is 0 Å². The molecular weight excluding hydrogens is 224 g/mol. The van der Waals surface area contributed by atoms with E-state index in [2.05, 4.69) is 0 Å². The lowest BCUT2D eigenvalue weighted by atomic mass is 10.0. The van der Waals surface area contributed by atoms with Crippen LogP contribution in [0.5, 0.6) is 23.0 Å². The maximum atomic E-state index is 11.3. The molecule has 17 heavy (non-hydrogen) atoms. The van der Waals surface area contributed by atoms with Gasteiger partial charge >= 0.3 is 0 Å². The van der Waals surface area contributed by atoms with E-state index in [1.54, 1.807) is 0 Å². The third-order valence-electron chi connectivity index (χ3n) is 2.51. The standard InChI is InChI=1S/C12H10O5/c1-5(13)10-8(15)3-6-2-7(14)4-9(16)11(6)12(10)17/h2-4,14-17H,1H3. The van der Waals surface area contributed by atoms with Crippen molar-refractivity contribution in [2.75, 3.05) is 0 Å². The molecule has 0 atom stereocenters. The van der Waals surface area contributed by atoms with Gasteiger partial charge in [-0.3, -0.25) is 4.79 Å². The Morgan fingerprint density at radius 1 is 1.00 bits per heavy atom. The average molecular weight is 234 g/mol. The molecule has 0 saturated heterocycles. The largest absolute Gasteiger partial charge is 0.508 e. The van der Waals surface area contributed by atoms with Gasteiger partial charge in [0.2, 0.25) is 0 Å². The van der Waals surface area contributed by atoms with Crippen molar-refractivity contribution in [3.63, 3.8) is 0 Å². The molecule has 0 heterocycles. The second-order valence-corrected chi connectivity index (χ2v) is 3.74. The molecule has 0 amide bonds. The second-order valence-electron chi connectivity index (χ2n) is 3.74. The smallest absolute Gasteiger partial charge is 0.167 e.